The largest absolute Gasteiger partial charge is 0.494 e. The average molecular weight is 552 g/mol. The van der Waals surface area contributed by atoms with Crippen molar-refractivity contribution in [3.63, 3.8) is 0 Å². The van der Waals surface area contributed by atoms with Crippen LogP contribution in [0.5, 0.6) is 5.75 Å². The molecule has 3 aromatic carbocycles. The van der Waals surface area contributed by atoms with Crippen LogP contribution in [0.1, 0.15) is 62.0 Å². The third-order valence-electron chi connectivity index (χ3n) is 6.87. The molecule has 0 radical (unpaired) electrons. The third-order valence-corrected chi connectivity index (χ3v) is 6.87. The highest BCUT2D eigenvalue weighted by Gasteiger charge is 2.22. The lowest BCUT2D eigenvalue weighted by Gasteiger charge is -2.19. The first-order valence-corrected chi connectivity index (χ1v) is 13.9. The maximum atomic E-state index is 12.8. The second-order valence-corrected chi connectivity index (χ2v) is 11.1. The summed E-state index contributed by atoms with van der Waals surface area (Å²) in [5, 5.41) is 12.4. The summed E-state index contributed by atoms with van der Waals surface area (Å²) in [7, 11) is 0. The van der Waals surface area contributed by atoms with E-state index in [1.54, 1.807) is 24.5 Å². The number of hydrogen-bond donors (Lipinski definition) is 2. The number of carbonyl (C=O) groups is 2. The SMILES string of the molecule is CCCCOc1ccc(-c2cnc(-c3ccc(C[C@H](NC(=O)c4ccc(C(C)(C)C)cc4)C(=O)O)cc3)nc2)cc1. The summed E-state index contributed by atoms with van der Waals surface area (Å²) in [5.41, 5.74) is 4.99. The fourth-order valence-corrected chi connectivity index (χ4v) is 4.29. The number of carbonyl (C=O) groups excluding carboxylic acids is 1. The van der Waals surface area contributed by atoms with Gasteiger partial charge in [-0.2, -0.15) is 0 Å². The molecule has 0 saturated carbocycles. The minimum atomic E-state index is -1.09. The molecule has 0 aliphatic carbocycles. The van der Waals surface area contributed by atoms with E-state index >= 15 is 0 Å². The topological polar surface area (TPSA) is 101 Å². The zero-order chi connectivity index (χ0) is 29.4. The summed E-state index contributed by atoms with van der Waals surface area (Å²) in [4.78, 5) is 33.7. The number of benzene rings is 3. The van der Waals surface area contributed by atoms with Crippen molar-refractivity contribution in [3.8, 4) is 28.3 Å². The Morgan fingerprint density at radius 3 is 2.02 bits per heavy atom. The fraction of sp³-hybridized carbons (Fsp3) is 0.294. The third kappa shape index (κ3) is 8.01. The molecule has 7 heteroatoms. The number of carboxylic acids is 1. The predicted octanol–water partition coefficient (Wildman–Crippen LogP) is 6.71. The van der Waals surface area contributed by atoms with E-state index in [2.05, 4.69) is 43.0 Å². The van der Waals surface area contributed by atoms with Gasteiger partial charge in [-0.1, -0.05) is 82.6 Å². The molecule has 0 aliphatic rings. The zero-order valence-corrected chi connectivity index (χ0v) is 24.1. The molecule has 0 fully saturated rings. The van der Waals surface area contributed by atoms with Crippen molar-refractivity contribution in [1.29, 1.82) is 0 Å². The molecule has 1 aromatic heterocycles. The number of nitrogens with one attached hydrogen (secondary N) is 1. The summed E-state index contributed by atoms with van der Waals surface area (Å²) in [6.07, 6.45) is 5.85. The van der Waals surface area contributed by atoms with Crippen LogP contribution >= 0.6 is 0 Å². The first-order chi connectivity index (χ1) is 19.6. The van der Waals surface area contributed by atoms with Gasteiger partial charge in [-0.05, 0) is 52.8 Å². The summed E-state index contributed by atoms with van der Waals surface area (Å²) >= 11 is 0. The highest BCUT2D eigenvalue weighted by atomic mass is 16.5. The van der Waals surface area contributed by atoms with Gasteiger partial charge in [0.15, 0.2) is 5.82 Å². The Balaban J connectivity index is 1.37. The van der Waals surface area contributed by atoms with E-state index in [1.165, 1.54) is 0 Å². The van der Waals surface area contributed by atoms with E-state index in [0.29, 0.717) is 18.0 Å². The second kappa shape index (κ2) is 13.2. The van der Waals surface area contributed by atoms with Gasteiger partial charge in [0.05, 0.1) is 6.61 Å². The average Bonchev–Trinajstić information content (AvgIpc) is 2.97. The Bertz CT molecular complexity index is 1440. The number of ether oxygens (including phenoxy) is 1. The van der Waals surface area contributed by atoms with Gasteiger partial charge in [-0.15, -0.1) is 0 Å². The van der Waals surface area contributed by atoms with Gasteiger partial charge in [0.25, 0.3) is 5.91 Å². The standard InChI is InChI=1S/C34H37N3O4/c1-5-6-19-41-29-17-13-24(14-18-29)27-21-35-31(36-22-27)25-9-7-23(8-10-25)20-30(33(39)40)37-32(38)26-11-15-28(16-12-26)34(2,3)4/h7-18,21-22,30H,5-6,19-20H2,1-4H3,(H,37,38)(H,39,40)/t30-/m0/s1. The predicted molar refractivity (Wildman–Crippen MR) is 161 cm³/mol. The normalized spacial score (nSPS) is 12.0. The summed E-state index contributed by atoms with van der Waals surface area (Å²) in [6, 6.07) is 21.5. The summed E-state index contributed by atoms with van der Waals surface area (Å²) < 4.78 is 5.73. The minimum Gasteiger partial charge on any atom is -0.494 e. The van der Waals surface area contributed by atoms with Crippen LogP contribution in [0, 0.1) is 0 Å². The van der Waals surface area contributed by atoms with Crippen molar-refractivity contribution in [2.45, 2.75) is 58.4 Å². The van der Waals surface area contributed by atoms with Gasteiger partial charge >= 0.3 is 5.97 Å². The number of rotatable bonds is 11. The zero-order valence-electron chi connectivity index (χ0n) is 24.1. The van der Waals surface area contributed by atoms with E-state index < -0.39 is 17.9 Å². The number of nitrogens with zero attached hydrogens (tertiary/aromatic N) is 2. The molecule has 0 spiro atoms. The van der Waals surface area contributed by atoms with Crippen LogP contribution in [-0.4, -0.2) is 39.6 Å². The van der Waals surface area contributed by atoms with Crippen LogP contribution < -0.4 is 10.1 Å². The van der Waals surface area contributed by atoms with Gasteiger partial charge in [0, 0.05) is 35.5 Å². The van der Waals surface area contributed by atoms with Crippen molar-refractivity contribution >= 4 is 11.9 Å². The monoisotopic (exact) mass is 551 g/mol. The minimum absolute atomic E-state index is 0.0343. The molecular weight excluding hydrogens is 514 g/mol. The van der Waals surface area contributed by atoms with E-state index in [1.807, 2.05) is 60.7 Å². The molecule has 1 heterocycles. The van der Waals surface area contributed by atoms with Crippen molar-refractivity contribution < 1.29 is 19.4 Å². The van der Waals surface area contributed by atoms with Gasteiger partial charge in [-0.3, -0.25) is 4.79 Å². The Morgan fingerprint density at radius 2 is 1.46 bits per heavy atom. The smallest absolute Gasteiger partial charge is 0.326 e. The molecule has 0 bridgehead atoms. The molecule has 1 atom stereocenters. The van der Waals surface area contributed by atoms with Crippen LogP contribution in [0.3, 0.4) is 0 Å². The van der Waals surface area contributed by atoms with Crippen molar-refractivity contribution in [1.82, 2.24) is 15.3 Å². The van der Waals surface area contributed by atoms with Crippen LogP contribution in [-0.2, 0) is 16.6 Å². The Hall–Kier alpha value is -4.52. The molecular formula is C34H37N3O4. The van der Waals surface area contributed by atoms with Crippen molar-refractivity contribution in [2.24, 2.45) is 0 Å². The molecule has 0 unspecified atom stereocenters. The number of amides is 1. The maximum absolute atomic E-state index is 12.8. The van der Waals surface area contributed by atoms with E-state index in [0.717, 1.165) is 46.4 Å². The highest BCUT2D eigenvalue weighted by Crippen LogP contribution is 2.24. The number of carboxylic acid groups (broad SMARTS) is 1. The first kappa shape index (κ1) is 29.5. The maximum Gasteiger partial charge on any atom is 0.326 e. The number of aromatic nitrogens is 2. The lowest BCUT2D eigenvalue weighted by atomic mass is 9.86. The Morgan fingerprint density at radius 1 is 0.854 bits per heavy atom. The molecule has 41 heavy (non-hydrogen) atoms. The lowest BCUT2D eigenvalue weighted by Crippen LogP contribution is -2.42. The quantitative estimate of drug-likeness (QED) is 0.201. The lowest BCUT2D eigenvalue weighted by molar-refractivity contribution is -0.139. The molecule has 2 N–H and O–H groups in total. The fourth-order valence-electron chi connectivity index (χ4n) is 4.29. The first-order valence-electron chi connectivity index (χ1n) is 13.9. The number of hydrogen-bond acceptors (Lipinski definition) is 5. The molecule has 1 amide bonds. The summed E-state index contributed by atoms with van der Waals surface area (Å²) in [6.45, 7) is 9.14. The number of aliphatic carboxylic acids is 1. The van der Waals surface area contributed by atoms with Crippen molar-refractivity contribution in [2.75, 3.05) is 6.61 Å². The van der Waals surface area contributed by atoms with Gasteiger partial charge in [0.2, 0.25) is 0 Å². The van der Waals surface area contributed by atoms with Crippen molar-refractivity contribution in [3.05, 3.63) is 102 Å². The van der Waals surface area contributed by atoms with Gasteiger partial charge in [-0.25, -0.2) is 14.8 Å². The van der Waals surface area contributed by atoms with Crippen LogP contribution in [0.2, 0.25) is 0 Å². The molecule has 7 nitrogen and oxygen atoms in total. The molecule has 4 aromatic rings. The summed E-state index contributed by atoms with van der Waals surface area (Å²) in [5.74, 6) is -0.0873. The van der Waals surface area contributed by atoms with E-state index in [-0.39, 0.29) is 11.8 Å². The highest BCUT2D eigenvalue weighted by molar-refractivity contribution is 5.96. The molecule has 0 aliphatic heterocycles. The molecule has 4 rings (SSSR count). The Kier molecular flexibility index (Phi) is 9.50. The second-order valence-electron chi connectivity index (χ2n) is 11.1. The van der Waals surface area contributed by atoms with Crippen LogP contribution in [0.15, 0.2) is 85.2 Å². The molecule has 0 saturated heterocycles. The van der Waals surface area contributed by atoms with E-state index in [4.69, 9.17) is 4.74 Å². The van der Waals surface area contributed by atoms with Gasteiger partial charge in [0.1, 0.15) is 11.8 Å². The number of unbranched alkanes of at least 4 members (excludes halogenated alkanes) is 1. The Labute approximate surface area is 241 Å². The van der Waals surface area contributed by atoms with Crippen LogP contribution in [0.4, 0.5) is 0 Å². The van der Waals surface area contributed by atoms with E-state index in [9.17, 15) is 14.7 Å². The molecule has 212 valence electrons. The van der Waals surface area contributed by atoms with Gasteiger partial charge < -0.3 is 15.2 Å². The van der Waals surface area contributed by atoms with Crippen LogP contribution in [0.25, 0.3) is 22.5 Å².